The summed E-state index contributed by atoms with van der Waals surface area (Å²) in [6, 6.07) is 14.5. The van der Waals surface area contributed by atoms with E-state index in [0.717, 1.165) is 16.9 Å². The fourth-order valence-corrected chi connectivity index (χ4v) is 3.88. The van der Waals surface area contributed by atoms with Gasteiger partial charge in [-0.15, -0.1) is 11.8 Å². The highest BCUT2D eigenvalue weighted by atomic mass is 35.5. The fraction of sp³-hybridized carbons (Fsp3) is 0.300. The first-order valence-electron chi connectivity index (χ1n) is 8.49. The molecule has 144 valence electrons. The molecule has 2 amide bonds. The fourth-order valence-electron chi connectivity index (χ4n) is 2.54. The Kier molecular flexibility index (Phi) is 8.48. The summed E-state index contributed by atoms with van der Waals surface area (Å²) in [6.45, 7) is 1.96. The van der Waals surface area contributed by atoms with Crippen molar-refractivity contribution in [1.82, 2.24) is 10.2 Å². The number of amides is 2. The number of carbonyl (C=O) groups excluding carboxylic acids is 2. The standard InChI is InChI=1S/C20H22Cl2N2O2S/c1-14(20(26)23-2)24(11-16-8-9-17(21)10-18(16)22)19(25)13-27-12-15-6-4-3-5-7-15/h3-10,14H,11-13H2,1-2H3,(H,23,26)/t14-/m0/s1. The Hall–Kier alpha value is -1.69. The lowest BCUT2D eigenvalue weighted by Gasteiger charge is -2.28. The topological polar surface area (TPSA) is 49.4 Å². The molecule has 0 unspecified atom stereocenters. The zero-order chi connectivity index (χ0) is 19.8. The van der Waals surface area contributed by atoms with Crippen molar-refractivity contribution in [2.24, 2.45) is 0 Å². The van der Waals surface area contributed by atoms with Gasteiger partial charge >= 0.3 is 0 Å². The molecule has 0 saturated heterocycles. The smallest absolute Gasteiger partial charge is 0.242 e. The molecular weight excluding hydrogens is 403 g/mol. The van der Waals surface area contributed by atoms with Crippen molar-refractivity contribution < 1.29 is 9.59 Å². The Morgan fingerprint density at radius 2 is 1.85 bits per heavy atom. The number of carbonyl (C=O) groups is 2. The maximum atomic E-state index is 12.8. The van der Waals surface area contributed by atoms with Gasteiger partial charge in [-0.1, -0.05) is 59.6 Å². The average Bonchev–Trinajstić information content (AvgIpc) is 2.67. The molecule has 1 atom stereocenters. The molecule has 0 spiro atoms. The average molecular weight is 425 g/mol. The third kappa shape index (κ3) is 6.45. The molecule has 0 fully saturated rings. The van der Waals surface area contributed by atoms with Crippen LogP contribution in [0, 0.1) is 0 Å². The number of benzene rings is 2. The van der Waals surface area contributed by atoms with E-state index < -0.39 is 6.04 Å². The maximum Gasteiger partial charge on any atom is 0.242 e. The van der Waals surface area contributed by atoms with Gasteiger partial charge < -0.3 is 10.2 Å². The number of likely N-dealkylation sites (N-methyl/N-ethyl adjacent to an activating group) is 1. The van der Waals surface area contributed by atoms with E-state index in [-0.39, 0.29) is 24.1 Å². The number of nitrogens with one attached hydrogen (secondary N) is 1. The van der Waals surface area contributed by atoms with Crippen LogP contribution in [-0.2, 0) is 21.9 Å². The van der Waals surface area contributed by atoms with Crippen LogP contribution in [0.4, 0.5) is 0 Å². The quantitative estimate of drug-likeness (QED) is 0.683. The number of nitrogens with zero attached hydrogens (tertiary/aromatic N) is 1. The molecule has 1 N–H and O–H groups in total. The molecule has 2 aromatic rings. The molecule has 0 aliphatic heterocycles. The number of halogens is 2. The Bertz CT molecular complexity index is 787. The lowest BCUT2D eigenvalue weighted by Crippen LogP contribution is -2.47. The summed E-state index contributed by atoms with van der Waals surface area (Å²) in [7, 11) is 1.56. The minimum absolute atomic E-state index is 0.113. The van der Waals surface area contributed by atoms with Gasteiger partial charge in [-0.25, -0.2) is 0 Å². The van der Waals surface area contributed by atoms with Gasteiger partial charge in [0.1, 0.15) is 6.04 Å². The van der Waals surface area contributed by atoms with Gasteiger partial charge in [-0.3, -0.25) is 9.59 Å². The van der Waals surface area contributed by atoms with Crippen molar-refractivity contribution in [3.8, 4) is 0 Å². The molecule has 2 aromatic carbocycles. The van der Waals surface area contributed by atoms with Crippen LogP contribution in [0.1, 0.15) is 18.1 Å². The highest BCUT2D eigenvalue weighted by Gasteiger charge is 2.26. The van der Waals surface area contributed by atoms with Crippen molar-refractivity contribution in [1.29, 1.82) is 0 Å². The molecule has 0 heterocycles. The number of hydrogen-bond donors (Lipinski definition) is 1. The van der Waals surface area contributed by atoms with E-state index in [1.54, 1.807) is 37.1 Å². The van der Waals surface area contributed by atoms with Crippen LogP contribution >= 0.6 is 35.0 Å². The van der Waals surface area contributed by atoms with Crippen LogP contribution in [0.3, 0.4) is 0 Å². The molecule has 0 aliphatic rings. The Labute approximate surface area is 174 Å². The molecule has 0 radical (unpaired) electrons. The van der Waals surface area contributed by atoms with Crippen LogP contribution in [0.2, 0.25) is 10.0 Å². The first-order chi connectivity index (χ1) is 12.9. The molecule has 0 saturated carbocycles. The molecule has 7 heteroatoms. The lowest BCUT2D eigenvalue weighted by molar-refractivity contribution is -0.138. The largest absolute Gasteiger partial charge is 0.357 e. The summed E-state index contributed by atoms with van der Waals surface area (Å²) >= 11 is 13.7. The number of rotatable bonds is 8. The Morgan fingerprint density at radius 1 is 1.15 bits per heavy atom. The van der Waals surface area contributed by atoms with E-state index in [4.69, 9.17) is 23.2 Å². The van der Waals surface area contributed by atoms with Crippen LogP contribution in [-0.4, -0.2) is 35.6 Å². The van der Waals surface area contributed by atoms with Gasteiger partial charge in [-0.2, -0.15) is 0 Å². The van der Waals surface area contributed by atoms with Gasteiger partial charge in [0.05, 0.1) is 5.75 Å². The predicted octanol–water partition coefficient (Wildman–Crippen LogP) is 4.39. The molecule has 2 rings (SSSR count). The van der Waals surface area contributed by atoms with Crippen LogP contribution in [0.15, 0.2) is 48.5 Å². The Morgan fingerprint density at radius 3 is 2.48 bits per heavy atom. The SMILES string of the molecule is CNC(=O)[C@H](C)N(Cc1ccc(Cl)cc1Cl)C(=O)CSCc1ccccc1. The van der Waals surface area contributed by atoms with Crippen molar-refractivity contribution in [2.75, 3.05) is 12.8 Å². The second-order valence-corrected chi connectivity index (χ2v) is 7.86. The maximum absolute atomic E-state index is 12.8. The number of hydrogen-bond acceptors (Lipinski definition) is 3. The summed E-state index contributed by atoms with van der Waals surface area (Å²) < 4.78 is 0. The lowest BCUT2D eigenvalue weighted by atomic mass is 10.1. The molecule has 27 heavy (non-hydrogen) atoms. The molecule has 4 nitrogen and oxygen atoms in total. The zero-order valence-corrected chi connectivity index (χ0v) is 17.6. The first-order valence-corrected chi connectivity index (χ1v) is 10.4. The van der Waals surface area contributed by atoms with E-state index >= 15 is 0 Å². The number of thioether (sulfide) groups is 1. The van der Waals surface area contributed by atoms with E-state index in [1.807, 2.05) is 30.3 Å². The normalized spacial score (nSPS) is 11.7. The third-order valence-corrected chi connectivity index (χ3v) is 5.68. The molecule has 0 aliphatic carbocycles. The highest BCUT2D eigenvalue weighted by Crippen LogP contribution is 2.24. The summed E-state index contributed by atoms with van der Waals surface area (Å²) in [5, 5.41) is 3.60. The van der Waals surface area contributed by atoms with E-state index in [2.05, 4.69) is 5.32 Å². The molecule has 0 bridgehead atoms. The van der Waals surface area contributed by atoms with Crippen molar-refractivity contribution in [3.05, 3.63) is 69.7 Å². The van der Waals surface area contributed by atoms with Crippen LogP contribution < -0.4 is 5.32 Å². The minimum Gasteiger partial charge on any atom is -0.357 e. The second-order valence-electron chi connectivity index (χ2n) is 6.03. The van der Waals surface area contributed by atoms with Crippen molar-refractivity contribution in [2.45, 2.75) is 25.3 Å². The summed E-state index contributed by atoms with van der Waals surface area (Å²) in [4.78, 5) is 26.5. The van der Waals surface area contributed by atoms with Crippen LogP contribution in [0.5, 0.6) is 0 Å². The summed E-state index contributed by atoms with van der Waals surface area (Å²) in [6.07, 6.45) is 0. The van der Waals surface area contributed by atoms with Crippen molar-refractivity contribution in [3.63, 3.8) is 0 Å². The third-order valence-electron chi connectivity index (χ3n) is 4.11. The van der Waals surface area contributed by atoms with Crippen molar-refractivity contribution >= 4 is 46.8 Å². The van der Waals surface area contributed by atoms with E-state index in [1.165, 1.54) is 11.8 Å². The first kappa shape index (κ1) is 21.6. The minimum atomic E-state index is -0.605. The predicted molar refractivity (Wildman–Crippen MR) is 113 cm³/mol. The van der Waals surface area contributed by atoms with Gasteiger partial charge in [0, 0.05) is 29.4 Å². The van der Waals surface area contributed by atoms with Gasteiger partial charge in [0.2, 0.25) is 11.8 Å². The van der Waals surface area contributed by atoms with Crippen LogP contribution in [0.25, 0.3) is 0 Å². The van der Waals surface area contributed by atoms with E-state index in [0.29, 0.717) is 10.0 Å². The Balaban J connectivity index is 2.08. The monoisotopic (exact) mass is 424 g/mol. The van der Waals surface area contributed by atoms with Gasteiger partial charge in [0.15, 0.2) is 0 Å². The zero-order valence-electron chi connectivity index (χ0n) is 15.2. The summed E-state index contributed by atoms with van der Waals surface area (Å²) in [5.74, 6) is 0.678. The van der Waals surface area contributed by atoms with E-state index in [9.17, 15) is 9.59 Å². The second kappa shape index (κ2) is 10.6. The summed E-state index contributed by atoms with van der Waals surface area (Å²) in [5.41, 5.74) is 1.90. The highest BCUT2D eigenvalue weighted by molar-refractivity contribution is 7.99. The molecular formula is C20H22Cl2N2O2S. The molecule has 0 aromatic heterocycles. The van der Waals surface area contributed by atoms with Gasteiger partial charge in [-0.05, 0) is 30.2 Å². The van der Waals surface area contributed by atoms with Gasteiger partial charge in [0.25, 0.3) is 0 Å².